The van der Waals surface area contributed by atoms with E-state index in [-0.39, 0.29) is 56.2 Å². The number of carbonyl (C=O) groups is 4. The monoisotopic (exact) mass is 621 g/mol. The van der Waals surface area contributed by atoms with Crippen molar-refractivity contribution in [1.29, 1.82) is 0 Å². The number of nitrogens with zero attached hydrogens (tertiary/aromatic N) is 1. The number of halogens is 4. The number of hydrogen-bond acceptors (Lipinski definition) is 5. The number of likely N-dealkylation sites (tertiary alicyclic amines) is 1. The lowest BCUT2D eigenvalue weighted by molar-refractivity contribution is -0.159. The molecule has 1 aliphatic heterocycles. The number of imide groups is 1. The molecule has 3 aliphatic rings. The van der Waals surface area contributed by atoms with Gasteiger partial charge in [-0.3, -0.25) is 19.3 Å². The second-order valence-electron chi connectivity index (χ2n) is 9.35. The van der Waals surface area contributed by atoms with Crippen molar-refractivity contribution in [2.75, 3.05) is 6.61 Å². The molecule has 0 spiro atoms. The first-order chi connectivity index (χ1) is 15.5. The average molecular weight is 624 g/mol. The summed E-state index contributed by atoms with van der Waals surface area (Å²) in [5.41, 5.74) is 0.181. The first-order valence-electron chi connectivity index (χ1n) is 10.8. The Morgan fingerprint density at radius 2 is 1.67 bits per heavy atom. The molecule has 2 saturated carbocycles. The Labute approximate surface area is 218 Å². The molecule has 10 heteroatoms. The number of ether oxygens (including phenoxy) is 1. The Kier molecular flexibility index (Phi) is 7.31. The van der Waals surface area contributed by atoms with Gasteiger partial charge in [0.25, 0.3) is 0 Å². The van der Waals surface area contributed by atoms with Crippen molar-refractivity contribution in [3.63, 3.8) is 0 Å². The van der Waals surface area contributed by atoms with Gasteiger partial charge in [-0.1, -0.05) is 68.9 Å². The maximum absolute atomic E-state index is 13.4. The van der Waals surface area contributed by atoms with Gasteiger partial charge in [-0.15, -0.1) is 0 Å². The summed E-state index contributed by atoms with van der Waals surface area (Å²) in [6.07, 6.45) is 1.07. The fraction of sp³-hybridized carbons (Fsp3) is 0.565. The molecule has 0 unspecified atom stereocenters. The number of carbonyl (C=O) groups excluding carboxylic acids is 4. The van der Waals surface area contributed by atoms with E-state index in [1.165, 1.54) is 18.2 Å². The van der Waals surface area contributed by atoms with Crippen LogP contribution in [0, 0.1) is 29.6 Å². The number of alkyl halides is 2. The summed E-state index contributed by atoms with van der Waals surface area (Å²) in [5.74, 6) is -2.59. The number of fused-ring (bicyclic) bond motifs is 5. The Hall–Kier alpha value is -0.960. The number of hydrogen-bond donors (Lipinski definition) is 0. The van der Waals surface area contributed by atoms with Crippen LogP contribution in [0.25, 0.3) is 0 Å². The van der Waals surface area contributed by atoms with Crippen molar-refractivity contribution in [2.24, 2.45) is 29.6 Å². The van der Waals surface area contributed by atoms with Gasteiger partial charge < -0.3 is 4.74 Å². The molecule has 1 aromatic carbocycles. The first kappa shape index (κ1) is 25.1. The van der Waals surface area contributed by atoms with E-state index in [0.717, 1.165) is 11.3 Å². The molecule has 33 heavy (non-hydrogen) atoms. The third kappa shape index (κ3) is 4.41. The van der Waals surface area contributed by atoms with Crippen LogP contribution in [0.4, 0.5) is 0 Å². The topological polar surface area (TPSA) is 80.8 Å². The van der Waals surface area contributed by atoms with Gasteiger partial charge in [0.2, 0.25) is 17.6 Å². The second-order valence-corrected chi connectivity index (χ2v) is 12.3. The molecule has 6 nitrogen and oxygen atoms in total. The van der Waals surface area contributed by atoms with Crippen LogP contribution >= 0.6 is 55.1 Å². The zero-order valence-corrected chi connectivity index (χ0v) is 22.7. The maximum atomic E-state index is 13.4. The van der Waals surface area contributed by atoms with Crippen molar-refractivity contribution in [2.45, 2.75) is 42.4 Å². The van der Waals surface area contributed by atoms with Crippen molar-refractivity contribution in [3.8, 4) is 0 Å². The van der Waals surface area contributed by atoms with Crippen LogP contribution in [0.2, 0.25) is 10.0 Å². The highest BCUT2D eigenvalue weighted by Crippen LogP contribution is 2.60. The zero-order chi connectivity index (χ0) is 24.2. The lowest BCUT2D eigenvalue weighted by atomic mass is 9.81. The largest absolute Gasteiger partial charge is 0.456 e. The highest BCUT2D eigenvalue weighted by molar-refractivity contribution is 9.12. The van der Waals surface area contributed by atoms with E-state index in [2.05, 4.69) is 31.9 Å². The molecule has 178 valence electrons. The summed E-state index contributed by atoms with van der Waals surface area (Å²) in [4.78, 5) is 53.7. The summed E-state index contributed by atoms with van der Waals surface area (Å²) in [6.45, 7) is 3.26. The smallest absolute Gasteiger partial charge is 0.329 e. The molecule has 1 saturated heterocycles. The summed E-state index contributed by atoms with van der Waals surface area (Å²) in [5, 5.41) is 0.539. The van der Waals surface area contributed by atoms with Gasteiger partial charge in [0, 0.05) is 20.2 Å². The number of esters is 1. The number of ketones is 1. The third-order valence-corrected chi connectivity index (χ3v) is 10.6. The van der Waals surface area contributed by atoms with Crippen LogP contribution < -0.4 is 0 Å². The molecule has 0 N–H and O–H groups in total. The molecule has 2 bridgehead atoms. The minimum absolute atomic E-state index is 0.0228. The number of rotatable bonds is 7. The molecule has 2 amide bonds. The van der Waals surface area contributed by atoms with Crippen molar-refractivity contribution in [1.82, 2.24) is 4.90 Å². The van der Waals surface area contributed by atoms with Crippen LogP contribution in [0.15, 0.2) is 18.2 Å². The fourth-order valence-electron chi connectivity index (χ4n) is 5.46. The summed E-state index contributed by atoms with van der Waals surface area (Å²) < 4.78 is 5.30. The third-order valence-electron chi connectivity index (χ3n) is 6.88. The molecular formula is C23H23Br2Cl2NO5. The molecule has 1 aromatic rings. The van der Waals surface area contributed by atoms with Crippen molar-refractivity contribution < 1.29 is 23.9 Å². The van der Waals surface area contributed by atoms with Crippen LogP contribution in [0.3, 0.4) is 0 Å². The van der Waals surface area contributed by atoms with E-state index in [1.807, 2.05) is 13.8 Å². The van der Waals surface area contributed by atoms with Crippen molar-refractivity contribution in [3.05, 3.63) is 33.8 Å². The molecule has 2 aliphatic carbocycles. The van der Waals surface area contributed by atoms with Gasteiger partial charge >= 0.3 is 5.97 Å². The minimum Gasteiger partial charge on any atom is -0.456 e. The molecule has 0 radical (unpaired) electrons. The predicted molar refractivity (Wildman–Crippen MR) is 131 cm³/mol. The standard InChI is InChI=1S/C23H23Br2Cl2NO5/c1-9(2)5-15(23(32)33-8-16(29)11-4-3-10(26)6-14(11)27)28-21(30)17-12-7-13(18(17)22(28)31)20(25)19(12)24/h3-4,6,9,12-13,15,17-20H,5,7-8H2,1-2H3/t12-,13-,15-,17-,18+,19-,20+/m1/s1. The highest BCUT2D eigenvalue weighted by Gasteiger charge is 2.67. The molecular weight excluding hydrogens is 601 g/mol. The van der Waals surface area contributed by atoms with E-state index in [9.17, 15) is 19.2 Å². The minimum atomic E-state index is -1.06. The fourth-order valence-corrected chi connectivity index (χ4v) is 7.85. The Balaban J connectivity index is 1.51. The van der Waals surface area contributed by atoms with Gasteiger partial charge in [0.1, 0.15) is 6.04 Å². The van der Waals surface area contributed by atoms with Gasteiger partial charge in [-0.2, -0.15) is 0 Å². The Bertz CT molecular complexity index is 987. The molecule has 7 atom stereocenters. The van der Waals surface area contributed by atoms with Crippen LogP contribution in [0.5, 0.6) is 0 Å². The molecule has 3 fully saturated rings. The first-order valence-corrected chi connectivity index (χ1v) is 13.4. The van der Waals surface area contributed by atoms with E-state index in [4.69, 9.17) is 27.9 Å². The van der Waals surface area contributed by atoms with Gasteiger partial charge in [-0.05, 0) is 48.8 Å². The number of Topliss-reactive ketones (excluding diaryl/α,β-unsaturated/α-hetero) is 1. The zero-order valence-electron chi connectivity index (χ0n) is 18.0. The lowest BCUT2D eigenvalue weighted by Crippen LogP contribution is -2.48. The maximum Gasteiger partial charge on any atom is 0.329 e. The molecule has 0 aromatic heterocycles. The molecule has 1 heterocycles. The SMILES string of the molecule is CC(C)C[C@H](C(=O)OCC(=O)c1ccc(Cl)cc1Cl)N1C(=O)[C@@H]2[C@H]3C[C@@H]([C@H](Br)[C@@H]3Br)[C@@H]2C1=O. The summed E-state index contributed by atoms with van der Waals surface area (Å²) >= 11 is 19.3. The Morgan fingerprint density at radius 1 is 1.09 bits per heavy atom. The van der Waals surface area contributed by atoms with Crippen LogP contribution in [0.1, 0.15) is 37.0 Å². The summed E-state index contributed by atoms with van der Waals surface area (Å²) in [6, 6.07) is 3.35. The van der Waals surface area contributed by atoms with Gasteiger partial charge in [0.15, 0.2) is 6.61 Å². The quantitative estimate of drug-likeness (QED) is 0.187. The van der Waals surface area contributed by atoms with E-state index in [0.29, 0.717) is 5.02 Å². The summed E-state index contributed by atoms with van der Waals surface area (Å²) in [7, 11) is 0. The van der Waals surface area contributed by atoms with Crippen molar-refractivity contribution >= 4 is 78.6 Å². The van der Waals surface area contributed by atoms with Gasteiger partial charge in [-0.25, -0.2) is 4.79 Å². The van der Waals surface area contributed by atoms with E-state index in [1.54, 1.807) is 0 Å². The van der Waals surface area contributed by atoms with Crippen LogP contribution in [-0.2, 0) is 19.1 Å². The average Bonchev–Trinajstić information content (AvgIpc) is 3.35. The number of benzene rings is 1. The Morgan fingerprint density at radius 3 is 2.18 bits per heavy atom. The van der Waals surface area contributed by atoms with Crippen LogP contribution in [-0.4, -0.2) is 50.8 Å². The lowest BCUT2D eigenvalue weighted by Gasteiger charge is -2.28. The van der Waals surface area contributed by atoms with Gasteiger partial charge in [0.05, 0.1) is 16.9 Å². The van der Waals surface area contributed by atoms with E-state index >= 15 is 0 Å². The highest BCUT2D eigenvalue weighted by atomic mass is 79.9. The predicted octanol–water partition coefficient (Wildman–Crippen LogP) is 4.91. The normalized spacial score (nSPS) is 31.3. The molecule has 4 rings (SSSR count). The number of amides is 2. The van der Waals surface area contributed by atoms with E-state index < -0.39 is 36.2 Å². The second kappa shape index (κ2) is 9.59.